The van der Waals surface area contributed by atoms with Crippen LogP contribution in [0.5, 0.6) is 0 Å². The molecule has 1 unspecified atom stereocenters. The summed E-state index contributed by atoms with van der Waals surface area (Å²) in [5, 5.41) is 9.83. The lowest BCUT2D eigenvalue weighted by molar-refractivity contribution is -0.142. The van der Waals surface area contributed by atoms with Gasteiger partial charge in [-0.1, -0.05) is 11.6 Å². The van der Waals surface area contributed by atoms with E-state index < -0.39 is 5.97 Å². The summed E-state index contributed by atoms with van der Waals surface area (Å²) in [5.41, 5.74) is 2.06. The van der Waals surface area contributed by atoms with E-state index in [9.17, 15) is 4.79 Å². The minimum atomic E-state index is -0.735. The van der Waals surface area contributed by atoms with E-state index in [2.05, 4.69) is 4.98 Å². The summed E-state index contributed by atoms with van der Waals surface area (Å²) in [4.78, 5) is 15.5. The minimum Gasteiger partial charge on any atom is -0.481 e. The van der Waals surface area contributed by atoms with Gasteiger partial charge in [-0.3, -0.25) is 4.79 Å². The summed E-state index contributed by atoms with van der Waals surface area (Å²) in [5.74, 6) is -0.244. The Morgan fingerprint density at radius 1 is 1.35 bits per heavy atom. The highest BCUT2D eigenvalue weighted by atomic mass is 35.5. The Morgan fingerprint density at radius 3 is 2.70 bits per heavy atom. The first kappa shape index (κ1) is 14.9. The molecule has 4 nitrogen and oxygen atoms in total. The number of benzene rings is 1. The normalized spacial score (nSPS) is 17.1. The van der Waals surface area contributed by atoms with Crippen LogP contribution in [0.2, 0.25) is 5.02 Å². The maximum Gasteiger partial charge on any atom is 0.308 e. The maximum atomic E-state index is 11.1. The Balaban J connectivity index is 0.00000147. The highest BCUT2D eigenvalue weighted by Crippen LogP contribution is 2.27. The van der Waals surface area contributed by atoms with Gasteiger partial charge in [-0.2, -0.15) is 0 Å². The number of fused-ring (bicyclic) bond motifs is 1. The molecule has 2 heterocycles. The van der Waals surface area contributed by atoms with Crippen LogP contribution in [0.15, 0.2) is 30.5 Å². The van der Waals surface area contributed by atoms with Crippen molar-refractivity contribution in [2.75, 3.05) is 0 Å². The molecule has 1 aromatic carbocycles. The Kier molecular flexibility index (Phi) is 4.35. The number of carboxylic acid groups (broad SMARTS) is 1. The summed E-state index contributed by atoms with van der Waals surface area (Å²) in [6.45, 7) is 0.489. The molecule has 1 atom stereocenters. The molecule has 0 radical (unpaired) electrons. The number of aliphatic carboxylic acids is 1. The molecule has 106 valence electrons. The van der Waals surface area contributed by atoms with Crippen LogP contribution < -0.4 is 0 Å². The van der Waals surface area contributed by atoms with Gasteiger partial charge in [0, 0.05) is 29.0 Å². The molecule has 3 rings (SSSR count). The standard InChI is InChI=1S/C14H13ClN2O2.ClH/c15-11-4-1-9(2-5-11)13-16-7-12-6-3-10(14(18)19)8-17(12)13;/h1-2,4-5,7,10H,3,6,8H2,(H,18,19);1H. The molecule has 0 bridgehead atoms. The lowest BCUT2D eigenvalue weighted by Gasteiger charge is -2.22. The minimum absolute atomic E-state index is 0. The topological polar surface area (TPSA) is 55.1 Å². The molecule has 20 heavy (non-hydrogen) atoms. The molecule has 0 aliphatic carbocycles. The van der Waals surface area contributed by atoms with E-state index >= 15 is 0 Å². The molecule has 2 aromatic rings. The molecule has 0 amide bonds. The second-order valence-corrected chi connectivity index (χ2v) is 5.20. The van der Waals surface area contributed by atoms with Gasteiger partial charge in [0.25, 0.3) is 0 Å². The van der Waals surface area contributed by atoms with E-state index in [4.69, 9.17) is 16.7 Å². The predicted octanol–water partition coefficient (Wildman–Crippen LogP) is 3.27. The van der Waals surface area contributed by atoms with Crippen LogP contribution in [-0.2, 0) is 17.8 Å². The van der Waals surface area contributed by atoms with Crippen molar-refractivity contribution in [2.24, 2.45) is 5.92 Å². The van der Waals surface area contributed by atoms with Crippen LogP contribution in [0.25, 0.3) is 11.4 Å². The number of nitrogens with zero attached hydrogens (tertiary/aromatic N) is 2. The van der Waals surface area contributed by atoms with Crippen LogP contribution in [0.3, 0.4) is 0 Å². The lowest BCUT2D eigenvalue weighted by Crippen LogP contribution is -2.26. The van der Waals surface area contributed by atoms with Gasteiger partial charge in [0.15, 0.2) is 0 Å². The monoisotopic (exact) mass is 312 g/mol. The summed E-state index contributed by atoms with van der Waals surface area (Å²) in [6, 6.07) is 7.44. The second kappa shape index (κ2) is 5.85. The van der Waals surface area contributed by atoms with Crippen molar-refractivity contribution in [1.82, 2.24) is 9.55 Å². The third-order valence-corrected chi connectivity index (χ3v) is 3.79. The summed E-state index contributed by atoms with van der Waals surface area (Å²) < 4.78 is 2.01. The molecule has 0 saturated carbocycles. The van der Waals surface area contributed by atoms with Crippen LogP contribution in [-0.4, -0.2) is 20.6 Å². The van der Waals surface area contributed by atoms with Gasteiger partial charge in [0.1, 0.15) is 5.82 Å². The van der Waals surface area contributed by atoms with Gasteiger partial charge in [0.2, 0.25) is 0 Å². The Labute approximate surface area is 127 Å². The summed E-state index contributed by atoms with van der Waals surface area (Å²) >= 11 is 5.88. The first-order valence-corrected chi connectivity index (χ1v) is 6.56. The van der Waals surface area contributed by atoms with Crippen molar-refractivity contribution in [2.45, 2.75) is 19.4 Å². The number of imidazole rings is 1. The van der Waals surface area contributed by atoms with Gasteiger partial charge in [-0.25, -0.2) is 4.98 Å². The highest BCUT2D eigenvalue weighted by Gasteiger charge is 2.26. The van der Waals surface area contributed by atoms with E-state index in [1.165, 1.54) is 0 Å². The number of halogens is 2. The first-order valence-electron chi connectivity index (χ1n) is 6.18. The molecule has 1 aliphatic heterocycles. The van der Waals surface area contributed by atoms with Gasteiger partial charge in [-0.05, 0) is 37.1 Å². The quantitative estimate of drug-likeness (QED) is 0.926. The highest BCUT2D eigenvalue weighted by molar-refractivity contribution is 6.30. The van der Waals surface area contributed by atoms with Crippen LogP contribution in [0.1, 0.15) is 12.1 Å². The van der Waals surface area contributed by atoms with E-state index in [-0.39, 0.29) is 18.3 Å². The molecule has 6 heteroatoms. The SMILES string of the molecule is Cl.O=C(O)C1CCc2cnc(-c3ccc(Cl)cc3)n2C1. The van der Waals surface area contributed by atoms with Gasteiger partial charge in [-0.15, -0.1) is 12.4 Å². The van der Waals surface area contributed by atoms with Gasteiger partial charge >= 0.3 is 5.97 Å². The summed E-state index contributed by atoms with van der Waals surface area (Å²) in [7, 11) is 0. The summed E-state index contributed by atoms with van der Waals surface area (Å²) in [6.07, 6.45) is 3.28. The van der Waals surface area contributed by atoms with Crippen molar-refractivity contribution < 1.29 is 9.90 Å². The smallest absolute Gasteiger partial charge is 0.308 e. The molecule has 1 aliphatic rings. The van der Waals surface area contributed by atoms with E-state index in [1.54, 1.807) is 0 Å². The first-order chi connectivity index (χ1) is 9.15. The largest absolute Gasteiger partial charge is 0.481 e. The predicted molar refractivity (Wildman–Crippen MR) is 79.4 cm³/mol. The van der Waals surface area contributed by atoms with Crippen LogP contribution in [0.4, 0.5) is 0 Å². The number of carboxylic acids is 1. The Morgan fingerprint density at radius 2 is 2.05 bits per heavy atom. The van der Waals surface area contributed by atoms with Crippen molar-refractivity contribution in [1.29, 1.82) is 0 Å². The van der Waals surface area contributed by atoms with E-state index in [0.29, 0.717) is 18.0 Å². The molecular formula is C14H14Cl2N2O2. The zero-order valence-electron chi connectivity index (χ0n) is 10.6. The van der Waals surface area contributed by atoms with E-state index in [1.807, 2.05) is 35.0 Å². The average Bonchev–Trinajstić information content (AvgIpc) is 2.82. The molecule has 0 saturated heterocycles. The maximum absolute atomic E-state index is 11.1. The number of aryl methyl sites for hydroxylation is 1. The van der Waals surface area contributed by atoms with Crippen molar-refractivity contribution >= 4 is 30.0 Å². The third kappa shape index (κ3) is 2.67. The Bertz CT molecular complexity index is 623. The number of rotatable bonds is 2. The number of carbonyl (C=O) groups is 1. The average molecular weight is 313 g/mol. The zero-order chi connectivity index (χ0) is 13.4. The van der Waals surface area contributed by atoms with Crippen LogP contribution in [0, 0.1) is 5.92 Å². The van der Waals surface area contributed by atoms with Crippen molar-refractivity contribution in [3.05, 3.63) is 41.2 Å². The van der Waals surface area contributed by atoms with E-state index in [0.717, 1.165) is 23.5 Å². The zero-order valence-corrected chi connectivity index (χ0v) is 12.2. The molecular weight excluding hydrogens is 299 g/mol. The van der Waals surface area contributed by atoms with Crippen LogP contribution >= 0.6 is 24.0 Å². The fraction of sp³-hybridized carbons (Fsp3) is 0.286. The van der Waals surface area contributed by atoms with Crippen molar-refractivity contribution in [3.63, 3.8) is 0 Å². The number of aromatic nitrogens is 2. The molecule has 1 N–H and O–H groups in total. The second-order valence-electron chi connectivity index (χ2n) is 4.76. The third-order valence-electron chi connectivity index (χ3n) is 3.54. The molecule has 1 aromatic heterocycles. The van der Waals surface area contributed by atoms with Crippen molar-refractivity contribution in [3.8, 4) is 11.4 Å². The Hall–Kier alpha value is -1.52. The lowest BCUT2D eigenvalue weighted by atomic mass is 9.98. The fourth-order valence-corrected chi connectivity index (χ4v) is 2.60. The van der Waals surface area contributed by atoms with Gasteiger partial charge < -0.3 is 9.67 Å². The number of hydrogen-bond donors (Lipinski definition) is 1. The van der Waals surface area contributed by atoms with Gasteiger partial charge in [0.05, 0.1) is 5.92 Å². The fourth-order valence-electron chi connectivity index (χ4n) is 2.48. The molecule has 0 fully saturated rings. The number of hydrogen-bond acceptors (Lipinski definition) is 2. The molecule has 0 spiro atoms.